The Morgan fingerprint density at radius 3 is 2.33 bits per heavy atom. The zero-order valence-corrected chi connectivity index (χ0v) is 8.70. The first-order valence-electron chi connectivity index (χ1n) is 4.27. The molecule has 0 heterocycles. The van der Waals surface area contributed by atoms with Gasteiger partial charge in [0.15, 0.2) is 0 Å². The van der Waals surface area contributed by atoms with Gasteiger partial charge in [0.25, 0.3) is 10.1 Å². The molecule has 0 aromatic heterocycles. The maximum Gasteiger partial charge on any atom is 0.294 e. The monoisotopic (exact) mass is 229 g/mol. The molecule has 0 atom stereocenters. The number of hydrogen-bond donors (Lipinski definition) is 2. The van der Waals surface area contributed by atoms with E-state index >= 15 is 0 Å². The quantitative estimate of drug-likeness (QED) is 0.430. The maximum atomic E-state index is 10.7. The molecule has 0 aliphatic rings. The fourth-order valence-corrected chi connectivity index (χ4v) is 1.58. The Balaban J connectivity index is 2.69. The number of rotatable bonds is 5. The van der Waals surface area contributed by atoms with Gasteiger partial charge in [-0.2, -0.15) is 8.42 Å². The summed E-state index contributed by atoms with van der Waals surface area (Å²) in [7, 11) is -4.12. The van der Waals surface area contributed by atoms with Crippen LogP contribution in [0.25, 0.3) is 0 Å². The van der Waals surface area contributed by atoms with Gasteiger partial charge in [-0.1, -0.05) is 12.1 Å². The number of nitrogens with one attached hydrogen (secondary N) is 1. The Bertz CT molecular complexity index is 424. The number of carbonyl (C=O) groups excluding carboxylic acids is 1. The van der Waals surface area contributed by atoms with Gasteiger partial charge in [0, 0.05) is 6.54 Å². The van der Waals surface area contributed by atoms with Crippen LogP contribution in [-0.4, -0.2) is 25.9 Å². The Labute approximate surface area is 87.9 Å². The van der Waals surface area contributed by atoms with Crippen LogP contribution in [0.15, 0.2) is 29.2 Å². The van der Waals surface area contributed by atoms with Gasteiger partial charge in [0.1, 0.15) is 0 Å². The molecule has 5 nitrogen and oxygen atoms in total. The van der Waals surface area contributed by atoms with Crippen LogP contribution in [0.1, 0.15) is 5.56 Å². The molecule has 0 saturated carbocycles. The Morgan fingerprint density at radius 1 is 1.27 bits per heavy atom. The molecule has 0 spiro atoms. The molecule has 2 N–H and O–H groups in total. The van der Waals surface area contributed by atoms with Crippen LogP contribution >= 0.6 is 0 Å². The van der Waals surface area contributed by atoms with E-state index in [0.717, 1.165) is 5.56 Å². The van der Waals surface area contributed by atoms with E-state index in [4.69, 9.17) is 4.55 Å². The smallest absolute Gasteiger partial charge is 0.294 e. The first-order chi connectivity index (χ1) is 7.04. The second kappa shape index (κ2) is 4.90. The predicted molar refractivity (Wildman–Crippen MR) is 54.0 cm³/mol. The molecule has 0 fully saturated rings. The topological polar surface area (TPSA) is 83.5 Å². The van der Waals surface area contributed by atoms with E-state index in [0.29, 0.717) is 19.4 Å². The van der Waals surface area contributed by atoms with Crippen LogP contribution in [0.4, 0.5) is 0 Å². The van der Waals surface area contributed by atoms with Crippen molar-refractivity contribution in [2.45, 2.75) is 11.3 Å². The third-order valence-corrected chi connectivity index (χ3v) is 2.73. The van der Waals surface area contributed by atoms with Crippen LogP contribution in [-0.2, 0) is 21.3 Å². The lowest BCUT2D eigenvalue weighted by Crippen LogP contribution is -2.14. The highest BCUT2D eigenvalue weighted by molar-refractivity contribution is 7.85. The van der Waals surface area contributed by atoms with Crippen molar-refractivity contribution in [1.29, 1.82) is 0 Å². The van der Waals surface area contributed by atoms with Crippen LogP contribution < -0.4 is 5.32 Å². The van der Waals surface area contributed by atoms with Gasteiger partial charge in [-0.05, 0) is 24.1 Å². The third-order valence-electron chi connectivity index (χ3n) is 1.86. The summed E-state index contributed by atoms with van der Waals surface area (Å²) in [6.45, 7) is 0.495. The largest absolute Gasteiger partial charge is 0.358 e. The zero-order chi connectivity index (χ0) is 11.3. The fraction of sp³-hybridized carbons (Fsp3) is 0.222. The molecule has 15 heavy (non-hydrogen) atoms. The molecule has 82 valence electrons. The van der Waals surface area contributed by atoms with Gasteiger partial charge >= 0.3 is 0 Å². The normalized spacial score (nSPS) is 11.0. The number of carbonyl (C=O) groups is 1. The molecule has 0 radical (unpaired) electrons. The second-order valence-corrected chi connectivity index (χ2v) is 4.36. The van der Waals surface area contributed by atoms with Crippen molar-refractivity contribution >= 4 is 16.5 Å². The van der Waals surface area contributed by atoms with E-state index in [9.17, 15) is 13.2 Å². The Hall–Kier alpha value is -1.40. The molecule has 1 amide bonds. The molecule has 0 saturated heterocycles. The minimum atomic E-state index is -4.12. The van der Waals surface area contributed by atoms with E-state index in [1.54, 1.807) is 12.1 Å². The summed E-state index contributed by atoms with van der Waals surface area (Å²) in [6.07, 6.45) is 1.22. The fourth-order valence-electron chi connectivity index (χ4n) is 1.10. The highest BCUT2D eigenvalue weighted by Crippen LogP contribution is 2.10. The molecular weight excluding hydrogens is 218 g/mol. The van der Waals surface area contributed by atoms with Crippen molar-refractivity contribution in [3.05, 3.63) is 29.8 Å². The van der Waals surface area contributed by atoms with Crippen LogP contribution in [0.5, 0.6) is 0 Å². The SMILES string of the molecule is O=CNCCc1ccc(S(=O)(=O)O)cc1. The number of hydrogen-bond acceptors (Lipinski definition) is 3. The molecule has 0 aliphatic carbocycles. The van der Waals surface area contributed by atoms with Crippen LogP contribution in [0.2, 0.25) is 0 Å². The summed E-state index contributed by atoms with van der Waals surface area (Å²) in [5.41, 5.74) is 0.886. The molecular formula is C9H11NO4S. The van der Waals surface area contributed by atoms with Crippen molar-refractivity contribution in [1.82, 2.24) is 5.32 Å². The van der Waals surface area contributed by atoms with Gasteiger partial charge in [-0.25, -0.2) is 0 Å². The zero-order valence-electron chi connectivity index (χ0n) is 7.88. The van der Waals surface area contributed by atoms with Crippen molar-refractivity contribution in [3.8, 4) is 0 Å². The average Bonchev–Trinajstić information content (AvgIpc) is 2.18. The lowest BCUT2D eigenvalue weighted by atomic mass is 10.1. The lowest BCUT2D eigenvalue weighted by Gasteiger charge is -2.01. The molecule has 1 aromatic carbocycles. The van der Waals surface area contributed by atoms with Gasteiger partial charge in [0.05, 0.1) is 4.90 Å². The Kier molecular flexibility index (Phi) is 3.81. The van der Waals surface area contributed by atoms with Gasteiger partial charge in [-0.15, -0.1) is 0 Å². The Morgan fingerprint density at radius 2 is 1.87 bits per heavy atom. The first kappa shape index (κ1) is 11.7. The maximum absolute atomic E-state index is 10.7. The minimum absolute atomic E-state index is 0.130. The van der Waals surface area contributed by atoms with E-state index in [2.05, 4.69) is 5.32 Å². The summed E-state index contributed by atoms with van der Waals surface area (Å²) >= 11 is 0. The summed E-state index contributed by atoms with van der Waals surface area (Å²) < 4.78 is 30.1. The van der Waals surface area contributed by atoms with Gasteiger partial charge in [0.2, 0.25) is 6.41 Å². The molecule has 0 aliphatic heterocycles. The molecule has 1 rings (SSSR count). The first-order valence-corrected chi connectivity index (χ1v) is 5.71. The summed E-state index contributed by atoms with van der Waals surface area (Å²) in [6, 6.07) is 5.84. The summed E-state index contributed by atoms with van der Waals surface area (Å²) in [5.74, 6) is 0. The highest BCUT2D eigenvalue weighted by atomic mass is 32.2. The van der Waals surface area contributed by atoms with E-state index < -0.39 is 10.1 Å². The average molecular weight is 229 g/mol. The summed E-state index contributed by atoms with van der Waals surface area (Å²) in [5, 5.41) is 2.49. The van der Waals surface area contributed by atoms with E-state index in [1.165, 1.54) is 12.1 Å². The molecule has 0 bridgehead atoms. The van der Waals surface area contributed by atoms with Gasteiger partial charge < -0.3 is 5.32 Å². The standard InChI is InChI=1S/C9H11NO4S/c11-7-10-6-5-8-1-3-9(4-2-8)15(12,13)14/h1-4,7H,5-6H2,(H,10,11)(H,12,13,14). The van der Waals surface area contributed by atoms with E-state index in [1.807, 2.05) is 0 Å². The predicted octanol–water partition coefficient (Wildman–Crippen LogP) is 0.222. The van der Waals surface area contributed by atoms with Crippen molar-refractivity contribution in [2.24, 2.45) is 0 Å². The summed E-state index contributed by atoms with van der Waals surface area (Å²) in [4.78, 5) is 9.83. The molecule has 0 unspecified atom stereocenters. The van der Waals surface area contributed by atoms with E-state index in [-0.39, 0.29) is 4.90 Å². The number of benzene rings is 1. The van der Waals surface area contributed by atoms with Crippen LogP contribution in [0.3, 0.4) is 0 Å². The second-order valence-electron chi connectivity index (χ2n) is 2.94. The highest BCUT2D eigenvalue weighted by Gasteiger charge is 2.07. The molecule has 1 aromatic rings. The third kappa shape index (κ3) is 3.69. The van der Waals surface area contributed by atoms with Gasteiger partial charge in [-0.3, -0.25) is 9.35 Å². The minimum Gasteiger partial charge on any atom is -0.358 e. The molecule has 6 heteroatoms. The van der Waals surface area contributed by atoms with Crippen molar-refractivity contribution in [2.75, 3.05) is 6.54 Å². The number of amides is 1. The van der Waals surface area contributed by atoms with Crippen molar-refractivity contribution in [3.63, 3.8) is 0 Å². The van der Waals surface area contributed by atoms with Crippen LogP contribution in [0, 0.1) is 0 Å². The van der Waals surface area contributed by atoms with Crippen molar-refractivity contribution < 1.29 is 17.8 Å². The lowest BCUT2D eigenvalue weighted by molar-refractivity contribution is -0.109.